The first-order valence-corrected chi connectivity index (χ1v) is 13.6. The molecule has 34 heavy (non-hydrogen) atoms. The van der Waals surface area contributed by atoms with Crippen LogP contribution in [0.2, 0.25) is 0 Å². The molecule has 9 nitrogen and oxygen atoms in total. The summed E-state index contributed by atoms with van der Waals surface area (Å²) in [5, 5.41) is 14.0. The Labute approximate surface area is 228 Å². The van der Waals surface area contributed by atoms with Crippen molar-refractivity contribution >= 4 is 22.1 Å². The van der Waals surface area contributed by atoms with Gasteiger partial charge in [0.05, 0.1) is 32.3 Å². The Morgan fingerprint density at radius 2 is 1.21 bits per heavy atom. The number of unbranched alkanes of at least 4 members (excludes halogenated alkanes) is 10. The first-order chi connectivity index (χ1) is 15.6. The number of carbonyl (C=O) groups excluding carboxylic acids is 2. The number of aliphatic hydroxyl groups is 2. The molecule has 11 heteroatoms. The van der Waals surface area contributed by atoms with Crippen molar-refractivity contribution in [2.45, 2.75) is 116 Å². The molecule has 0 aliphatic rings. The van der Waals surface area contributed by atoms with Crippen LogP contribution in [0.15, 0.2) is 0 Å². The number of esters is 2. The molecule has 198 valence electrons. The van der Waals surface area contributed by atoms with Crippen LogP contribution in [-0.2, 0) is 29.2 Å². The van der Waals surface area contributed by atoms with E-state index in [0.717, 1.165) is 57.8 Å². The molecule has 0 heterocycles. The van der Waals surface area contributed by atoms with E-state index in [1.54, 1.807) is 0 Å². The molecule has 0 aromatic heterocycles. The predicted molar refractivity (Wildman–Crippen MR) is 126 cm³/mol. The van der Waals surface area contributed by atoms with E-state index in [2.05, 4.69) is 13.8 Å². The number of hydrogen-bond donors (Lipinski definition) is 2. The van der Waals surface area contributed by atoms with Crippen molar-refractivity contribution in [1.82, 2.24) is 0 Å². The normalized spacial score (nSPS) is 12.5. The summed E-state index contributed by atoms with van der Waals surface area (Å²) in [5.74, 6) is -2.03. The van der Waals surface area contributed by atoms with Gasteiger partial charge in [-0.05, 0) is 19.8 Å². The summed E-state index contributed by atoms with van der Waals surface area (Å²) in [6.45, 7) is 5.83. The van der Waals surface area contributed by atoms with Gasteiger partial charge in [-0.3, -0.25) is 9.59 Å². The number of ether oxygens (including phenoxy) is 2. The van der Waals surface area contributed by atoms with Crippen molar-refractivity contribution in [3.05, 3.63) is 0 Å². The van der Waals surface area contributed by atoms with E-state index in [4.69, 9.17) is 19.7 Å². The van der Waals surface area contributed by atoms with Crippen molar-refractivity contribution in [1.29, 1.82) is 0 Å². The Morgan fingerprint density at radius 1 is 0.824 bits per heavy atom. The molecule has 0 amide bonds. The SMILES string of the molecule is CC(O)CO.CCCCCCCCOC(=O)CC(C(=O)OCCCCCCCC)S(=O)(=O)[O-].[Na+]. The van der Waals surface area contributed by atoms with Crippen LogP contribution in [0.4, 0.5) is 0 Å². The molecule has 0 aromatic carbocycles. The van der Waals surface area contributed by atoms with Gasteiger partial charge >= 0.3 is 41.5 Å². The van der Waals surface area contributed by atoms with Gasteiger partial charge in [0.15, 0.2) is 5.25 Å². The van der Waals surface area contributed by atoms with Crippen LogP contribution >= 0.6 is 0 Å². The second-order valence-electron chi connectivity index (χ2n) is 8.14. The van der Waals surface area contributed by atoms with E-state index in [1.165, 1.54) is 13.3 Å². The Hall–Kier alpha value is -0.230. The van der Waals surface area contributed by atoms with Crippen LogP contribution < -0.4 is 29.6 Å². The molecule has 2 unspecified atom stereocenters. The first kappa shape index (κ1) is 38.3. The average molecular weight is 521 g/mol. The van der Waals surface area contributed by atoms with Crippen molar-refractivity contribution in [2.75, 3.05) is 19.8 Å². The molecule has 0 rings (SSSR count). The molecular formula is C23H45NaO9S. The zero-order valence-electron chi connectivity index (χ0n) is 21.6. The van der Waals surface area contributed by atoms with Gasteiger partial charge < -0.3 is 24.2 Å². The summed E-state index contributed by atoms with van der Waals surface area (Å²) in [7, 11) is -4.98. The molecule has 0 radical (unpaired) electrons. The molecule has 0 aromatic rings. The largest absolute Gasteiger partial charge is 1.00 e. The fraction of sp³-hybridized carbons (Fsp3) is 0.913. The van der Waals surface area contributed by atoms with E-state index < -0.39 is 39.8 Å². The molecule has 2 N–H and O–H groups in total. The average Bonchev–Trinajstić information content (AvgIpc) is 2.75. The summed E-state index contributed by atoms with van der Waals surface area (Å²) < 4.78 is 43.8. The van der Waals surface area contributed by atoms with Crippen molar-refractivity contribution < 1.29 is 71.8 Å². The van der Waals surface area contributed by atoms with Gasteiger partial charge in [-0.25, -0.2) is 8.42 Å². The monoisotopic (exact) mass is 520 g/mol. The van der Waals surface area contributed by atoms with Crippen molar-refractivity contribution in [3.8, 4) is 0 Å². The number of hydrogen-bond acceptors (Lipinski definition) is 9. The smallest absolute Gasteiger partial charge is 0.747 e. The summed E-state index contributed by atoms with van der Waals surface area (Å²) in [6.07, 6.45) is 10.6. The second-order valence-corrected chi connectivity index (χ2v) is 9.70. The van der Waals surface area contributed by atoms with Crippen LogP contribution in [0.3, 0.4) is 0 Å². The van der Waals surface area contributed by atoms with Crippen molar-refractivity contribution in [3.63, 3.8) is 0 Å². The standard InChI is InChI=1S/C20H38O7S.C3H8O2.Na/c1-3-5-7-9-11-13-15-26-19(21)17-18(28(23,24)25)20(22)27-16-14-12-10-8-6-4-2;1-3(5)2-4;/h18H,3-17H2,1-2H3,(H,23,24,25);3-5H,2H2,1H3;/q;;+1/p-1. The van der Waals surface area contributed by atoms with Gasteiger partial charge in [0.1, 0.15) is 10.1 Å². The third kappa shape index (κ3) is 26.4. The van der Waals surface area contributed by atoms with Crippen molar-refractivity contribution in [2.24, 2.45) is 0 Å². The molecule has 0 aliphatic heterocycles. The van der Waals surface area contributed by atoms with Gasteiger partial charge in [0, 0.05) is 0 Å². The van der Waals surface area contributed by atoms with Crippen LogP contribution in [0.25, 0.3) is 0 Å². The van der Waals surface area contributed by atoms with E-state index in [0.29, 0.717) is 12.8 Å². The fourth-order valence-electron chi connectivity index (χ4n) is 2.73. The second kappa shape index (κ2) is 25.9. The Bertz CT molecular complexity index is 583. The third-order valence-corrected chi connectivity index (χ3v) is 5.79. The predicted octanol–water partition coefficient (Wildman–Crippen LogP) is 0.461. The van der Waals surface area contributed by atoms with Gasteiger partial charge in [0.25, 0.3) is 0 Å². The number of rotatable bonds is 19. The van der Waals surface area contributed by atoms with Gasteiger partial charge in [-0.2, -0.15) is 0 Å². The molecule has 0 fully saturated rings. The van der Waals surface area contributed by atoms with Crippen LogP contribution in [-0.4, -0.2) is 66.3 Å². The molecule has 0 bridgehead atoms. The van der Waals surface area contributed by atoms with Gasteiger partial charge in [-0.15, -0.1) is 0 Å². The first-order valence-electron chi connectivity index (χ1n) is 12.2. The molecule has 0 saturated heterocycles. The molecule has 0 aliphatic carbocycles. The summed E-state index contributed by atoms with van der Waals surface area (Å²) in [5.41, 5.74) is 0. The van der Waals surface area contributed by atoms with E-state index in [1.807, 2.05) is 0 Å². The Morgan fingerprint density at radius 3 is 1.59 bits per heavy atom. The third-order valence-electron chi connectivity index (χ3n) is 4.73. The van der Waals surface area contributed by atoms with Crippen LogP contribution in [0.5, 0.6) is 0 Å². The topological polar surface area (TPSA) is 150 Å². The summed E-state index contributed by atoms with van der Waals surface area (Å²) in [6, 6.07) is 0. The fourth-order valence-corrected chi connectivity index (χ4v) is 3.37. The molecule has 0 saturated carbocycles. The van der Waals surface area contributed by atoms with E-state index in [9.17, 15) is 22.6 Å². The summed E-state index contributed by atoms with van der Waals surface area (Å²) >= 11 is 0. The minimum Gasteiger partial charge on any atom is -0.747 e. The Balaban J connectivity index is -0.00000144. The molecule has 2 atom stereocenters. The quantitative estimate of drug-likeness (QED) is 0.107. The zero-order chi connectivity index (χ0) is 25.5. The molecular weight excluding hydrogens is 475 g/mol. The van der Waals surface area contributed by atoms with Gasteiger partial charge in [-0.1, -0.05) is 78.1 Å². The Kier molecular flexibility index (Phi) is 29.1. The minimum absolute atomic E-state index is 0. The van der Waals surface area contributed by atoms with E-state index >= 15 is 0 Å². The van der Waals surface area contributed by atoms with E-state index in [-0.39, 0.29) is 49.4 Å². The van der Waals surface area contributed by atoms with Crippen LogP contribution in [0, 0.1) is 0 Å². The maximum absolute atomic E-state index is 11.9. The molecule has 0 spiro atoms. The number of carbonyl (C=O) groups is 2. The zero-order valence-corrected chi connectivity index (χ0v) is 24.4. The maximum atomic E-state index is 11.9. The van der Waals surface area contributed by atoms with Gasteiger partial charge in [0.2, 0.25) is 0 Å². The maximum Gasteiger partial charge on any atom is 1.00 e. The number of aliphatic hydroxyl groups excluding tert-OH is 2. The minimum atomic E-state index is -4.98. The van der Waals surface area contributed by atoms with Crippen LogP contribution in [0.1, 0.15) is 104 Å². The summed E-state index contributed by atoms with van der Waals surface area (Å²) in [4.78, 5) is 23.7.